The van der Waals surface area contributed by atoms with Gasteiger partial charge in [-0.15, -0.1) is 0 Å². The van der Waals surface area contributed by atoms with Crippen molar-refractivity contribution in [1.82, 2.24) is 0 Å². The van der Waals surface area contributed by atoms with Crippen LogP contribution in [0.3, 0.4) is 0 Å². The Hall–Kier alpha value is -0.820. The Bertz CT molecular complexity index is 412. The van der Waals surface area contributed by atoms with Crippen molar-refractivity contribution in [3.8, 4) is 0 Å². The van der Waals surface area contributed by atoms with Gasteiger partial charge in [-0.05, 0) is 30.7 Å². The van der Waals surface area contributed by atoms with Gasteiger partial charge in [-0.25, -0.2) is 0 Å². The Morgan fingerprint density at radius 3 is 2.33 bits per heavy atom. The summed E-state index contributed by atoms with van der Waals surface area (Å²) in [4.78, 5) is 0. The van der Waals surface area contributed by atoms with Crippen LogP contribution in [-0.2, 0) is 6.18 Å². The third-order valence-corrected chi connectivity index (χ3v) is 2.78. The molecule has 0 bridgehead atoms. The van der Waals surface area contributed by atoms with E-state index in [0.29, 0.717) is 0 Å². The van der Waals surface area contributed by atoms with Crippen molar-refractivity contribution >= 4 is 11.6 Å². The molecule has 0 aliphatic heterocycles. The van der Waals surface area contributed by atoms with Crippen molar-refractivity contribution < 1.29 is 23.4 Å². The summed E-state index contributed by atoms with van der Waals surface area (Å²) in [5, 5.41) is 18.7. The predicted molar refractivity (Wildman–Crippen MR) is 61.1 cm³/mol. The summed E-state index contributed by atoms with van der Waals surface area (Å²) in [6.45, 7) is 0.159. The van der Waals surface area contributed by atoms with Gasteiger partial charge in [0.1, 0.15) is 6.10 Å². The van der Waals surface area contributed by atoms with Gasteiger partial charge in [-0.3, -0.25) is 0 Å². The summed E-state index contributed by atoms with van der Waals surface area (Å²) in [5.41, 5.74) is 4.35. The second-order valence-electron chi connectivity index (χ2n) is 3.83. The van der Waals surface area contributed by atoms with E-state index >= 15 is 0 Å². The normalized spacial score (nSPS) is 15.5. The lowest BCUT2D eigenvalue weighted by Crippen LogP contribution is -2.22. The van der Waals surface area contributed by atoms with Crippen LogP contribution < -0.4 is 5.73 Å². The molecule has 7 heteroatoms. The maximum atomic E-state index is 12.4. The van der Waals surface area contributed by atoms with Gasteiger partial charge in [0.25, 0.3) is 0 Å². The summed E-state index contributed by atoms with van der Waals surface area (Å²) in [6.07, 6.45) is -6.85. The zero-order valence-corrected chi connectivity index (χ0v) is 10.0. The second-order valence-corrected chi connectivity index (χ2v) is 4.23. The van der Waals surface area contributed by atoms with E-state index in [1.807, 2.05) is 0 Å². The molecule has 18 heavy (non-hydrogen) atoms. The average molecular weight is 284 g/mol. The Morgan fingerprint density at radius 1 is 1.28 bits per heavy atom. The summed E-state index contributed by atoms with van der Waals surface area (Å²) in [5.74, 6) is 0. The van der Waals surface area contributed by atoms with E-state index in [-0.39, 0.29) is 18.5 Å². The average Bonchev–Trinajstić information content (AvgIpc) is 2.26. The van der Waals surface area contributed by atoms with Crippen molar-refractivity contribution in [3.05, 3.63) is 34.3 Å². The summed E-state index contributed by atoms with van der Waals surface area (Å²) in [7, 11) is 0. The highest BCUT2D eigenvalue weighted by atomic mass is 35.5. The van der Waals surface area contributed by atoms with E-state index in [1.165, 1.54) is 0 Å². The minimum Gasteiger partial charge on any atom is -0.390 e. The predicted octanol–water partition coefficient (Wildman–Crippen LogP) is 2.10. The Labute approximate surface area is 107 Å². The highest BCUT2D eigenvalue weighted by Crippen LogP contribution is 2.36. The van der Waals surface area contributed by atoms with Crippen LogP contribution in [0.5, 0.6) is 0 Å². The lowest BCUT2D eigenvalue weighted by molar-refractivity contribution is -0.137. The molecule has 3 nitrogen and oxygen atoms in total. The van der Waals surface area contributed by atoms with Crippen molar-refractivity contribution in [1.29, 1.82) is 0 Å². The van der Waals surface area contributed by atoms with E-state index in [0.717, 1.165) is 18.2 Å². The first-order valence-corrected chi connectivity index (χ1v) is 5.58. The smallest absolute Gasteiger partial charge is 0.390 e. The SMILES string of the molecule is NCCC(O)C(O)c1ccc(C(F)(F)F)c(Cl)c1. The minimum absolute atomic E-state index is 0.119. The van der Waals surface area contributed by atoms with Crippen LogP contribution in [0.4, 0.5) is 13.2 Å². The third-order valence-electron chi connectivity index (χ3n) is 2.47. The number of rotatable bonds is 4. The van der Waals surface area contributed by atoms with Gasteiger partial charge in [0.05, 0.1) is 16.7 Å². The number of hydrogen-bond donors (Lipinski definition) is 3. The molecule has 0 radical (unpaired) electrons. The van der Waals surface area contributed by atoms with E-state index in [2.05, 4.69) is 0 Å². The molecule has 1 rings (SSSR count). The third kappa shape index (κ3) is 3.58. The van der Waals surface area contributed by atoms with Crippen molar-refractivity contribution in [2.45, 2.75) is 24.8 Å². The molecule has 2 atom stereocenters. The van der Waals surface area contributed by atoms with E-state index < -0.39 is 29.0 Å². The van der Waals surface area contributed by atoms with E-state index in [9.17, 15) is 23.4 Å². The standard InChI is InChI=1S/C11H13ClF3NO2/c12-8-5-6(10(18)9(17)3-4-16)1-2-7(8)11(13,14)15/h1-2,5,9-10,17-18H,3-4,16H2. The molecular formula is C11H13ClF3NO2. The van der Waals surface area contributed by atoms with Gasteiger partial charge in [0.15, 0.2) is 0 Å². The number of halogens is 4. The highest BCUT2D eigenvalue weighted by molar-refractivity contribution is 6.31. The summed E-state index contributed by atoms with van der Waals surface area (Å²) < 4.78 is 37.3. The van der Waals surface area contributed by atoms with Gasteiger partial charge < -0.3 is 15.9 Å². The maximum Gasteiger partial charge on any atom is 0.417 e. The number of aliphatic hydroxyl groups is 2. The Balaban J connectivity index is 2.97. The molecule has 0 fully saturated rings. The molecule has 0 amide bonds. The van der Waals surface area contributed by atoms with Crippen LogP contribution in [0.1, 0.15) is 23.7 Å². The first-order valence-electron chi connectivity index (χ1n) is 5.20. The molecule has 102 valence electrons. The fourth-order valence-electron chi connectivity index (χ4n) is 1.50. The molecule has 0 aliphatic rings. The van der Waals surface area contributed by atoms with E-state index in [1.54, 1.807) is 0 Å². The van der Waals surface area contributed by atoms with Crippen molar-refractivity contribution in [2.75, 3.05) is 6.54 Å². The molecule has 0 saturated heterocycles. The lowest BCUT2D eigenvalue weighted by Gasteiger charge is -2.18. The van der Waals surface area contributed by atoms with Crippen LogP contribution in [0.15, 0.2) is 18.2 Å². The number of benzene rings is 1. The van der Waals surface area contributed by atoms with E-state index in [4.69, 9.17) is 17.3 Å². The zero-order chi connectivity index (χ0) is 13.9. The van der Waals surface area contributed by atoms with Gasteiger partial charge in [-0.2, -0.15) is 13.2 Å². The van der Waals surface area contributed by atoms with Crippen molar-refractivity contribution in [3.63, 3.8) is 0 Å². The lowest BCUT2D eigenvalue weighted by atomic mass is 10.0. The van der Waals surface area contributed by atoms with Crippen LogP contribution in [0.2, 0.25) is 5.02 Å². The number of alkyl halides is 3. The minimum atomic E-state index is -4.55. The quantitative estimate of drug-likeness (QED) is 0.793. The number of nitrogens with two attached hydrogens (primary N) is 1. The molecule has 1 aromatic rings. The fraction of sp³-hybridized carbons (Fsp3) is 0.455. The monoisotopic (exact) mass is 283 g/mol. The van der Waals surface area contributed by atoms with Gasteiger partial charge in [0.2, 0.25) is 0 Å². The fourth-order valence-corrected chi connectivity index (χ4v) is 1.79. The van der Waals surface area contributed by atoms with Crippen molar-refractivity contribution in [2.24, 2.45) is 5.73 Å². The first kappa shape index (κ1) is 15.2. The van der Waals surface area contributed by atoms with Gasteiger partial charge in [-0.1, -0.05) is 17.7 Å². The first-order chi connectivity index (χ1) is 8.27. The van der Waals surface area contributed by atoms with Gasteiger partial charge in [0, 0.05) is 0 Å². The topological polar surface area (TPSA) is 66.5 Å². The molecule has 4 N–H and O–H groups in total. The molecule has 0 aromatic heterocycles. The number of aliphatic hydroxyl groups excluding tert-OH is 2. The molecule has 0 spiro atoms. The largest absolute Gasteiger partial charge is 0.417 e. The van der Waals surface area contributed by atoms with Crippen LogP contribution in [0.25, 0.3) is 0 Å². The molecule has 1 aromatic carbocycles. The molecule has 0 aliphatic carbocycles. The Morgan fingerprint density at radius 2 is 1.89 bits per heavy atom. The molecule has 0 saturated carbocycles. The Kier molecular flexibility index (Phi) is 4.98. The highest BCUT2D eigenvalue weighted by Gasteiger charge is 2.33. The van der Waals surface area contributed by atoms with Gasteiger partial charge >= 0.3 is 6.18 Å². The second kappa shape index (κ2) is 5.88. The summed E-state index contributed by atoms with van der Waals surface area (Å²) >= 11 is 5.50. The maximum absolute atomic E-state index is 12.4. The number of hydrogen-bond acceptors (Lipinski definition) is 3. The molecule has 2 unspecified atom stereocenters. The van der Waals surface area contributed by atoms with Crippen LogP contribution in [0, 0.1) is 0 Å². The zero-order valence-electron chi connectivity index (χ0n) is 9.28. The van der Waals surface area contributed by atoms with Crippen LogP contribution in [-0.4, -0.2) is 22.9 Å². The van der Waals surface area contributed by atoms with Crippen LogP contribution >= 0.6 is 11.6 Å². The molecular weight excluding hydrogens is 271 g/mol. The molecule has 0 heterocycles. The summed E-state index contributed by atoms with van der Waals surface area (Å²) in [6, 6.07) is 2.85.